The highest BCUT2D eigenvalue weighted by atomic mass is 16.4. The first-order valence-corrected chi connectivity index (χ1v) is 8.80. The third-order valence-corrected chi connectivity index (χ3v) is 4.82. The van der Waals surface area contributed by atoms with Crippen LogP contribution in [0.5, 0.6) is 0 Å². The summed E-state index contributed by atoms with van der Waals surface area (Å²) in [7, 11) is 0. The van der Waals surface area contributed by atoms with Gasteiger partial charge >= 0.3 is 5.97 Å². The number of hydrogen-bond donors (Lipinski definition) is 2. The van der Waals surface area contributed by atoms with Gasteiger partial charge in [-0.3, -0.25) is 4.79 Å². The number of aromatic carboxylic acids is 1. The summed E-state index contributed by atoms with van der Waals surface area (Å²) in [5.41, 5.74) is 3.47. The molecule has 0 aliphatic carbocycles. The maximum absolute atomic E-state index is 12.4. The highest BCUT2D eigenvalue weighted by molar-refractivity contribution is 5.97. The van der Waals surface area contributed by atoms with Crippen molar-refractivity contribution in [3.05, 3.63) is 81.5 Å². The van der Waals surface area contributed by atoms with Crippen molar-refractivity contribution < 1.29 is 9.90 Å². The molecule has 7 nitrogen and oxygen atoms in total. The van der Waals surface area contributed by atoms with E-state index in [-0.39, 0.29) is 17.7 Å². The summed E-state index contributed by atoms with van der Waals surface area (Å²) in [6, 6.07) is 14.8. The van der Waals surface area contributed by atoms with Crippen LogP contribution in [0.1, 0.15) is 27.4 Å². The summed E-state index contributed by atoms with van der Waals surface area (Å²) in [6.07, 6.45) is 0. The van der Waals surface area contributed by atoms with Crippen molar-refractivity contribution in [1.29, 1.82) is 0 Å². The van der Waals surface area contributed by atoms with Gasteiger partial charge in [0.15, 0.2) is 0 Å². The molecule has 0 amide bonds. The fraction of sp³-hybridized carbons (Fsp3) is 0.143. The van der Waals surface area contributed by atoms with Crippen molar-refractivity contribution in [1.82, 2.24) is 19.7 Å². The number of fused-ring (bicyclic) bond motifs is 1. The number of H-pyrrole nitrogens is 1. The van der Waals surface area contributed by atoms with E-state index in [4.69, 9.17) is 0 Å². The van der Waals surface area contributed by atoms with E-state index in [2.05, 4.69) is 15.2 Å². The van der Waals surface area contributed by atoms with Crippen molar-refractivity contribution in [2.75, 3.05) is 0 Å². The normalized spacial score (nSPS) is 11.1. The molecule has 0 radical (unpaired) electrons. The van der Waals surface area contributed by atoms with Crippen LogP contribution >= 0.6 is 0 Å². The Balaban J connectivity index is 1.92. The van der Waals surface area contributed by atoms with Gasteiger partial charge in [-0.1, -0.05) is 48.5 Å². The summed E-state index contributed by atoms with van der Waals surface area (Å²) in [5, 5.41) is 16.3. The minimum Gasteiger partial charge on any atom is -0.478 e. The molecule has 0 aliphatic heterocycles. The van der Waals surface area contributed by atoms with E-state index in [1.54, 1.807) is 30.5 Å². The van der Waals surface area contributed by atoms with Crippen molar-refractivity contribution >= 4 is 17.0 Å². The molecule has 2 aromatic carbocycles. The monoisotopic (exact) mass is 374 g/mol. The van der Waals surface area contributed by atoms with E-state index in [0.29, 0.717) is 33.7 Å². The second-order valence-corrected chi connectivity index (χ2v) is 6.59. The Morgan fingerprint density at radius 3 is 2.57 bits per heavy atom. The molecule has 0 saturated carbocycles. The Morgan fingerprint density at radius 2 is 1.86 bits per heavy atom. The van der Waals surface area contributed by atoms with Gasteiger partial charge in [-0.25, -0.2) is 14.9 Å². The van der Waals surface area contributed by atoms with Gasteiger partial charge in [0.05, 0.1) is 17.8 Å². The summed E-state index contributed by atoms with van der Waals surface area (Å²) < 4.78 is 1.74. The van der Waals surface area contributed by atoms with Crippen LogP contribution in [-0.4, -0.2) is 30.8 Å². The van der Waals surface area contributed by atoms with Crippen LogP contribution in [0.4, 0.5) is 0 Å². The smallest absolute Gasteiger partial charge is 0.336 e. The van der Waals surface area contributed by atoms with Crippen LogP contribution in [-0.2, 0) is 6.54 Å². The number of nitrogens with zero attached hydrogens (tertiary/aromatic N) is 3. The lowest BCUT2D eigenvalue weighted by molar-refractivity contribution is 0.0696. The van der Waals surface area contributed by atoms with Crippen molar-refractivity contribution in [3.8, 4) is 11.1 Å². The third kappa shape index (κ3) is 2.87. The first-order valence-electron chi connectivity index (χ1n) is 8.80. The van der Waals surface area contributed by atoms with E-state index in [9.17, 15) is 14.7 Å². The van der Waals surface area contributed by atoms with Gasteiger partial charge in [0.25, 0.3) is 5.56 Å². The molecule has 0 bridgehead atoms. The molecule has 2 heterocycles. The molecular formula is C21H18N4O3. The lowest BCUT2D eigenvalue weighted by atomic mass is 9.95. The lowest BCUT2D eigenvalue weighted by Crippen LogP contribution is -2.16. The van der Waals surface area contributed by atoms with E-state index in [0.717, 1.165) is 5.56 Å². The summed E-state index contributed by atoms with van der Waals surface area (Å²) in [5.74, 6) is -0.388. The number of carbonyl (C=O) groups is 1. The highest BCUT2D eigenvalue weighted by Gasteiger charge is 2.20. The molecule has 0 unspecified atom stereocenters. The molecule has 2 N–H and O–H groups in total. The average molecular weight is 374 g/mol. The predicted octanol–water partition coefficient (Wildman–Crippen LogP) is 3.15. The molecule has 2 aromatic heterocycles. The number of carboxylic acids is 1. The van der Waals surface area contributed by atoms with Crippen LogP contribution < -0.4 is 5.56 Å². The van der Waals surface area contributed by atoms with Gasteiger partial charge in [-0.15, -0.1) is 0 Å². The zero-order valence-electron chi connectivity index (χ0n) is 15.4. The largest absolute Gasteiger partial charge is 0.478 e. The van der Waals surface area contributed by atoms with Crippen LogP contribution in [0.15, 0.2) is 53.3 Å². The zero-order valence-corrected chi connectivity index (χ0v) is 15.4. The number of aryl methyl sites for hydroxylation is 2. The van der Waals surface area contributed by atoms with Gasteiger partial charge < -0.3 is 9.67 Å². The fourth-order valence-corrected chi connectivity index (χ4v) is 3.49. The van der Waals surface area contributed by atoms with Gasteiger partial charge in [0.1, 0.15) is 16.9 Å². The van der Waals surface area contributed by atoms with Crippen molar-refractivity contribution in [3.63, 3.8) is 0 Å². The van der Waals surface area contributed by atoms with Gasteiger partial charge in [0, 0.05) is 0 Å². The minimum absolute atomic E-state index is 0.219. The Kier molecular flexibility index (Phi) is 4.27. The van der Waals surface area contributed by atoms with Gasteiger partial charge in [-0.2, -0.15) is 5.10 Å². The Bertz CT molecular complexity index is 1260. The average Bonchev–Trinajstić information content (AvgIpc) is 3.02. The molecule has 140 valence electrons. The first-order chi connectivity index (χ1) is 13.5. The number of carboxylic acid groups (broad SMARTS) is 1. The number of aromatic amines is 1. The SMILES string of the molecule is Cc1n[nH]c(=O)c2c1nc(C)n2Cc1cccc(-c2ccccc2)c1C(=O)O. The fourth-order valence-electron chi connectivity index (χ4n) is 3.49. The molecule has 4 rings (SSSR count). The van der Waals surface area contributed by atoms with Crippen LogP contribution in [0.25, 0.3) is 22.2 Å². The van der Waals surface area contributed by atoms with Gasteiger partial charge in [-0.05, 0) is 30.5 Å². The standard InChI is InChI=1S/C21H18N4O3/c1-12-18-19(20(26)24-23-12)25(13(2)22-18)11-15-9-6-10-16(17(15)21(27)28)14-7-4-3-5-8-14/h3-10H,11H2,1-2H3,(H,24,26)(H,27,28). The summed E-state index contributed by atoms with van der Waals surface area (Å²) >= 11 is 0. The number of imidazole rings is 1. The second-order valence-electron chi connectivity index (χ2n) is 6.59. The zero-order chi connectivity index (χ0) is 19.8. The van der Waals surface area contributed by atoms with E-state index < -0.39 is 5.97 Å². The lowest BCUT2D eigenvalue weighted by Gasteiger charge is -2.14. The number of nitrogens with one attached hydrogen (secondary N) is 1. The Morgan fingerprint density at radius 1 is 1.11 bits per heavy atom. The number of benzene rings is 2. The molecule has 0 aliphatic rings. The molecule has 0 atom stereocenters. The Hall–Kier alpha value is -3.74. The molecule has 0 fully saturated rings. The molecule has 0 saturated heterocycles. The van der Waals surface area contributed by atoms with E-state index >= 15 is 0 Å². The quantitative estimate of drug-likeness (QED) is 0.571. The van der Waals surface area contributed by atoms with Crippen molar-refractivity contribution in [2.24, 2.45) is 0 Å². The molecule has 7 heteroatoms. The molecule has 28 heavy (non-hydrogen) atoms. The maximum Gasteiger partial charge on any atom is 0.336 e. The molecular weight excluding hydrogens is 356 g/mol. The summed E-state index contributed by atoms with van der Waals surface area (Å²) in [4.78, 5) is 28.9. The van der Waals surface area contributed by atoms with Crippen LogP contribution in [0.3, 0.4) is 0 Å². The van der Waals surface area contributed by atoms with E-state index in [1.165, 1.54) is 0 Å². The Labute approximate surface area is 160 Å². The minimum atomic E-state index is -1.01. The van der Waals surface area contributed by atoms with Gasteiger partial charge in [0.2, 0.25) is 0 Å². The molecule has 4 aromatic rings. The number of rotatable bonds is 4. The van der Waals surface area contributed by atoms with E-state index in [1.807, 2.05) is 36.4 Å². The maximum atomic E-state index is 12.4. The predicted molar refractivity (Wildman–Crippen MR) is 106 cm³/mol. The first kappa shape index (κ1) is 17.7. The second kappa shape index (κ2) is 6.77. The summed E-state index contributed by atoms with van der Waals surface area (Å²) in [6.45, 7) is 3.78. The number of hydrogen-bond acceptors (Lipinski definition) is 4. The molecule has 0 spiro atoms. The topological polar surface area (TPSA) is 101 Å². The third-order valence-electron chi connectivity index (χ3n) is 4.82. The van der Waals surface area contributed by atoms with Crippen LogP contribution in [0, 0.1) is 13.8 Å². The van der Waals surface area contributed by atoms with Crippen molar-refractivity contribution in [2.45, 2.75) is 20.4 Å². The highest BCUT2D eigenvalue weighted by Crippen LogP contribution is 2.28. The van der Waals surface area contributed by atoms with Crippen LogP contribution in [0.2, 0.25) is 0 Å². The number of aromatic nitrogens is 4.